The highest BCUT2D eigenvalue weighted by atomic mass is 14.9. The molecule has 0 saturated carbocycles. The van der Waals surface area contributed by atoms with E-state index in [1.807, 2.05) is 19.3 Å². The number of hydrogen-bond acceptors (Lipinski definition) is 1. The number of rotatable bonds is 3. The molecule has 0 aliphatic heterocycles. The van der Waals surface area contributed by atoms with Crippen LogP contribution in [-0.2, 0) is 7.05 Å². The largest absolute Gasteiger partial charge is 0.351 e. The lowest BCUT2D eigenvalue weighted by Crippen LogP contribution is -1.95. The smallest absolute Gasteiger partial charge is 0.0400 e. The van der Waals surface area contributed by atoms with Crippen molar-refractivity contribution in [1.82, 2.24) is 4.57 Å². The zero-order valence-corrected chi connectivity index (χ0v) is 6.83. The van der Waals surface area contributed by atoms with E-state index in [-0.39, 0.29) is 0 Å². The van der Waals surface area contributed by atoms with Crippen LogP contribution in [0.4, 0.5) is 0 Å². The van der Waals surface area contributed by atoms with Crippen LogP contribution in [0.15, 0.2) is 24.4 Å². The summed E-state index contributed by atoms with van der Waals surface area (Å²) < 4.78 is 2.08. The van der Waals surface area contributed by atoms with Gasteiger partial charge in [0.25, 0.3) is 0 Å². The van der Waals surface area contributed by atoms with Crippen LogP contribution in [0.25, 0.3) is 6.08 Å². The first-order chi connectivity index (χ1) is 5.34. The van der Waals surface area contributed by atoms with Crippen LogP contribution >= 0.6 is 0 Å². The molecule has 11 heavy (non-hydrogen) atoms. The molecule has 0 radical (unpaired) electrons. The van der Waals surface area contributed by atoms with Crippen molar-refractivity contribution in [1.29, 1.82) is 0 Å². The molecule has 0 aliphatic rings. The van der Waals surface area contributed by atoms with Crippen molar-refractivity contribution in [3.63, 3.8) is 0 Å². The van der Waals surface area contributed by atoms with E-state index in [4.69, 9.17) is 5.73 Å². The first-order valence-corrected chi connectivity index (χ1v) is 3.82. The van der Waals surface area contributed by atoms with Gasteiger partial charge in [0.1, 0.15) is 0 Å². The van der Waals surface area contributed by atoms with Crippen LogP contribution < -0.4 is 5.73 Å². The average Bonchev–Trinajstić information content (AvgIpc) is 2.37. The second-order valence-electron chi connectivity index (χ2n) is 2.52. The molecule has 0 saturated heterocycles. The summed E-state index contributed by atoms with van der Waals surface area (Å²) in [6.07, 6.45) is 7.16. The monoisotopic (exact) mass is 150 g/mol. The Morgan fingerprint density at radius 3 is 3.00 bits per heavy atom. The van der Waals surface area contributed by atoms with Gasteiger partial charge in [0.05, 0.1) is 0 Å². The minimum Gasteiger partial charge on any atom is -0.351 e. The fourth-order valence-corrected chi connectivity index (χ4v) is 0.948. The SMILES string of the molecule is Cn1cccc1/C=C/CCN. The molecule has 0 amide bonds. The number of aryl methyl sites for hydroxylation is 1. The van der Waals surface area contributed by atoms with E-state index in [1.165, 1.54) is 5.69 Å². The van der Waals surface area contributed by atoms with Gasteiger partial charge in [-0.2, -0.15) is 0 Å². The molecule has 0 spiro atoms. The Morgan fingerprint density at radius 1 is 1.64 bits per heavy atom. The molecule has 0 bridgehead atoms. The highest BCUT2D eigenvalue weighted by Crippen LogP contribution is 2.01. The zero-order chi connectivity index (χ0) is 8.10. The minimum absolute atomic E-state index is 0.723. The summed E-state index contributed by atoms with van der Waals surface area (Å²) in [5.74, 6) is 0. The maximum atomic E-state index is 5.35. The second-order valence-corrected chi connectivity index (χ2v) is 2.52. The Balaban J connectivity index is 2.56. The lowest BCUT2D eigenvalue weighted by molar-refractivity contribution is 0.913. The van der Waals surface area contributed by atoms with Crippen molar-refractivity contribution >= 4 is 6.08 Å². The van der Waals surface area contributed by atoms with Gasteiger partial charge in [-0.05, 0) is 31.2 Å². The lowest BCUT2D eigenvalue weighted by atomic mass is 10.3. The first kappa shape index (κ1) is 8.08. The van der Waals surface area contributed by atoms with Gasteiger partial charge in [0.2, 0.25) is 0 Å². The summed E-state index contributed by atoms with van der Waals surface area (Å²) in [5, 5.41) is 0. The molecule has 1 aromatic rings. The van der Waals surface area contributed by atoms with Crippen molar-refractivity contribution < 1.29 is 0 Å². The number of aromatic nitrogens is 1. The Kier molecular flexibility index (Phi) is 2.93. The van der Waals surface area contributed by atoms with Gasteiger partial charge >= 0.3 is 0 Å². The van der Waals surface area contributed by atoms with Crippen molar-refractivity contribution in [2.45, 2.75) is 6.42 Å². The molecule has 2 nitrogen and oxygen atoms in total. The second kappa shape index (κ2) is 3.98. The quantitative estimate of drug-likeness (QED) is 0.693. The van der Waals surface area contributed by atoms with Crippen LogP contribution in [-0.4, -0.2) is 11.1 Å². The molecule has 60 valence electrons. The van der Waals surface area contributed by atoms with Gasteiger partial charge in [-0.15, -0.1) is 0 Å². The molecule has 0 aliphatic carbocycles. The van der Waals surface area contributed by atoms with Gasteiger partial charge < -0.3 is 10.3 Å². The van der Waals surface area contributed by atoms with E-state index in [0.29, 0.717) is 0 Å². The Hall–Kier alpha value is -1.02. The summed E-state index contributed by atoms with van der Waals surface area (Å²) in [5.41, 5.74) is 6.57. The molecule has 1 aromatic heterocycles. The molecule has 1 rings (SSSR count). The highest BCUT2D eigenvalue weighted by Gasteiger charge is 1.88. The predicted molar refractivity (Wildman–Crippen MR) is 48.1 cm³/mol. The number of hydrogen-bond donors (Lipinski definition) is 1. The van der Waals surface area contributed by atoms with Crippen LogP contribution in [0.2, 0.25) is 0 Å². The normalized spacial score (nSPS) is 11.1. The Morgan fingerprint density at radius 2 is 2.45 bits per heavy atom. The van der Waals surface area contributed by atoms with E-state index in [2.05, 4.69) is 22.8 Å². The molecule has 0 aromatic carbocycles. The van der Waals surface area contributed by atoms with Crippen LogP contribution in [0.1, 0.15) is 12.1 Å². The van der Waals surface area contributed by atoms with Crippen LogP contribution in [0, 0.1) is 0 Å². The topological polar surface area (TPSA) is 30.9 Å². The van der Waals surface area contributed by atoms with Gasteiger partial charge in [-0.3, -0.25) is 0 Å². The van der Waals surface area contributed by atoms with E-state index in [9.17, 15) is 0 Å². The molecule has 1 heterocycles. The molecule has 0 atom stereocenters. The summed E-state index contributed by atoms with van der Waals surface area (Å²) in [7, 11) is 2.03. The number of nitrogens with zero attached hydrogens (tertiary/aromatic N) is 1. The van der Waals surface area contributed by atoms with Gasteiger partial charge in [0, 0.05) is 18.9 Å². The fraction of sp³-hybridized carbons (Fsp3) is 0.333. The van der Waals surface area contributed by atoms with Gasteiger partial charge in [-0.25, -0.2) is 0 Å². The fourth-order valence-electron chi connectivity index (χ4n) is 0.948. The zero-order valence-electron chi connectivity index (χ0n) is 6.83. The van der Waals surface area contributed by atoms with Gasteiger partial charge in [-0.1, -0.05) is 6.08 Å². The predicted octanol–water partition coefficient (Wildman–Crippen LogP) is 1.39. The lowest BCUT2D eigenvalue weighted by Gasteiger charge is -1.94. The standard InChI is InChI=1S/C9H14N2/c1-11-8-4-6-9(11)5-2-3-7-10/h2,4-6,8H,3,7,10H2,1H3/b5-2+. The summed E-state index contributed by atoms with van der Waals surface area (Å²) in [6.45, 7) is 0.723. The van der Waals surface area contributed by atoms with Crippen LogP contribution in [0.5, 0.6) is 0 Å². The average molecular weight is 150 g/mol. The summed E-state index contributed by atoms with van der Waals surface area (Å²) in [4.78, 5) is 0. The Labute approximate surface area is 67.3 Å². The molecule has 2 heteroatoms. The van der Waals surface area contributed by atoms with Crippen molar-refractivity contribution in [2.24, 2.45) is 12.8 Å². The van der Waals surface area contributed by atoms with Crippen molar-refractivity contribution in [3.05, 3.63) is 30.1 Å². The third kappa shape index (κ3) is 2.24. The van der Waals surface area contributed by atoms with E-state index < -0.39 is 0 Å². The van der Waals surface area contributed by atoms with E-state index in [0.717, 1.165) is 13.0 Å². The third-order valence-corrected chi connectivity index (χ3v) is 1.61. The molecule has 0 unspecified atom stereocenters. The van der Waals surface area contributed by atoms with Crippen molar-refractivity contribution in [2.75, 3.05) is 6.54 Å². The summed E-state index contributed by atoms with van der Waals surface area (Å²) in [6, 6.07) is 4.11. The number of nitrogens with two attached hydrogens (primary N) is 1. The van der Waals surface area contributed by atoms with Gasteiger partial charge in [0.15, 0.2) is 0 Å². The highest BCUT2D eigenvalue weighted by molar-refractivity contribution is 5.45. The third-order valence-electron chi connectivity index (χ3n) is 1.61. The molecular weight excluding hydrogens is 136 g/mol. The molecular formula is C9H14N2. The van der Waals surface area contributed by atoms with Crippen LogP contribution in [0.3, 0.4) is 0 Å². The maximum Gasteiger partial charge on any atom is 0.0400 e. The Bertz CT molecular complexity index is 235. The summed E-state index contributed by atoms with van der Waals surface area (Å²) >= 11 is 0. The molecule has 2 N–H and O–H groups in total. The first-order valence-electron chi connectivity index (χ1n) is 3.82. The minimum atomic E-state index is 0.723. The van der Waals surface area contributed by atoms with E-state index in [1.54, 1.807) is 0 Å². The van der Waals surface area contributed by atoms with Crippen molar-refractivity contribution in [3.8, 4) is 0 Å². The maximum absolute atomic E-state index is 5.35. The van der Waals surface area contributed by atoms with E-state index >= 15 is 0 Å². The molecule has 0 fully saturated rings.